The van der Waals surface area contributed by atoms with Crippen LogP contribution in [0, 0.1) is 0 Å². The van der Waals surface area contributed by atoms with Crippen LogP contribution in [-0.2, 0) is 0 Å². The maximum absolute atomic E-state index is 5.63. The molecule has 1 nitrogen and oxygen atoms in total. The summed E-state index contributed by atoms with van der Waals surface area (Å²) in [6.45, 7) is 0. The highest BCUT2D eigenvalue weighted by Crippen LogP contribution is 1.97. The van der Waals surface area contributed by atoms with Crippen LogP contribution < -0.4 is 25.4 Å². The van der Waals surface area contributed by atoms with Gasteiger partial charge in [0, 0.05) is 0 Å². The fourth-order valence-electron chi connectivity index (χ4n) is 3.42. The fraction of sp³-hybridized carbons (Fsp3) is 0. The van der Waals surface area contributed by atoms with Crippen molar-refractivity contribution >= 4 is 38.7 Å². The highest BCUT2D eigenvalue weighted by molar-refractivity contribution is 6.97. The minimum atomic E-state index is -1.66. The summed E-state index contributed by atoms with van der Waals surface area (Å²) in [4.78, 5) is 0. The Bertz CT molecular complexity index is 785. The fourth-order valence-corrected chi connectivity index (χ4v) is 10.5. The second-order valence-corrected chi connectivity index (χ2v) is 12.1. The molecule has 1 radical (unpaired) electrons. The lowest BCUT2D eigenvalue weighted by atomic mass is 10.4. The third-order valence-electron chi connectivity index (χ3n) is 4.76. The van der Waals surface area contributed by atoms with Crippen LogP contribution in [0.3, 0.4) is 0 Å². The van der Waals surface area contributed by atoms with Gasteiger partial charge in [-0.1, -0.05) is 121 Å². The molecular formula is C24H22NSi2. The summed E-state index contributed by atoms with van der Waals surface area (Å²) in [5.41, 5.74) is 0. The summed E-state index contributed by atoms with van der Waals surface area (Å²) in [5.74, 6) is 0. The van der Waals surface area contributed by atoms with Gasteiger partial charge >= 0.3 is 0 Å². The van der Waals surface area contributed by atoms with Crippen LogP contribution in [0.15, 0.2) is 121 Å². The molecule has 0 unspecified atom stereocenters. The second kappa shape index (κ2) is 8.78. The van der Waals surface area contributed by atoms with Crippen molar-refractivity contribution in [2.24, 2.45) is 0 Å². The minimum Gasteiger partial charge on any atom is -0.282 e. The minimum absolute atomic E-state index is 1.38. The Morgan fingerprint density at radius 2 is 0.556 bits per heavy atom. The van der Waals surface area contributed by atoms with E-state index in [0.29, 0.717) is 0 Å². The molecule has 0 saturated heterocycles. The Morgan fingerprint density at radius 3 is 0.778 bits per heavy atom. The van der Waals surface area contributed by atoms with Gasteiger partial charge in [0.15, 0.2) is 17.9 Å². The molecule has 131 valence electrons. The standard InChI is InChI=1S/C24H22NSi2/c1-5-13-21(14-6-1)26(22-15-7-2-8-16-22)25-27(23-17-9-3-10-18-23)24-19-11-4-12-20-24/h1-20,26-27H. The van der Waals surface area contributed by atoms with E-state index in [-0.39, 0.29) is 0 Å². The van der Waals surface area contributed by atoms with Crippen LogP contribution in [0.1, 0.15) is 0 Å². The van der Waals surface area contributed by atoms with Crippen molar-refractivity contribution in [3.63, 3.8) is 0 Å². The maximum atomic E-state index is 5.63. The molecule has 0 amide bonds. The molecule has 0 atom stereocenters. The van der Waals surface area contributed by atoms with Crippen molar-refractivity contribution in [2.45, 2.75) is 0 Å². The van der Waals surface area contributed by atoms with Gasteiger partial charge in [-0.25, -0.2) is 0 Å². The molecule has 0 fully saturated rings. The molecule has 0 aliphatic rings. The lowest BCUT2D eigenvalue weighted by Crippen LogP contribution is -2.62. The molecule has 4 aromatic carbocycles. The highest BCUT2D eigenvalue weighted by Gasteiger charge is 2.25. The van der Waals surface area contributed by atoms with E-state index in [1.54, 1.807) is 0 Å². The summed E-state index contributed by atoms with van der Waals surface area (Å²) in [6.07, 6.45) is 0. The van der Waals surface area contributed by atoms with E-state index in [1.165, 1.54) is 20.7 Å². The van der Waals surface area contributed by atoms with E-state index in [9.17, 15) is 0 Å². The number of rotatable bonds is 6. The van der Waals surface area contributed by atoms with E-state index < -0.39 is 17.9 Å². The highest BCUT2D eigenvalue weighted by atomic mass is 28.3. The first kappa shape index (κ1) is 17.7. The Balaban J connectivity index is 1.77. The Labute approximate surface area is 164 Å². The van der Waals surface area contributed by atoms with Crippen LogP contribution in [0.2, 0.25) is 0 Å². The normalized spacial score (nSPS) is 11.0. The van der Waals surface area contributed by atoms with E-state index in [2.05, 4.69) is 121 Å². The Hall–Kier alpha value is -2.73. The second-order valence-electron chi connectivity index (χ2n) is 6.60. The first-order chi connectivity index (χ1) is 13.4. The predicted octanol–water partition coefficient (Wildman–Crippen LogP) is 1.67. The van der Waals surface area contributed by atoms with Crippen LogP contribution in [0.4, 0.5) is 0 Å². The quantitative estimate of drug-likeness (QED) is 0.452. The molecule has 0 aliphatic heterocycles. The van der Waals surface area contributed by atoms with Crippen molar-refractivity contribution in [3.8, 4) is 0 Å². The van der Waals surface area contributed by atoms with Gasteiger partial charge < -0.3 is 0 Å². The van der Waals surface area contributed by atoms with E-state index in [4.69, 9.17) is 4.65 Å². The zero-order valence-electron chi connectivity index (χ0n) is 15.1. The molecule has 4 rings (SSSR count). The molecule has 0 heterocycles. The first-order valence-corrected chi connectivity index (χ1v) is 12.7. The van der Waals surface area contributed by atoms with Crippen molar-refractivity contribution in [2.75, 3.05) is 0 Å². The summed E-state index contributed by atoms with van der Waals surface area (Å²) < 4.78 is 5.63. The van der Waals surface area contributed by atoms with Crippen LogP contribution in [0.5, 0.6) is 0 Å². The van der Waals surface area contributed by atoms with E-state index in [1.807, 2.05) is 0 Å². The molecule has 4 aromatic rings. The molecule has 27 heavy (non-hydrogen) atoms. The number of hydrogen-bond acceptors (Lipinski definition) is 0. The lowest BCUT2D eigenvalue weighted by molar-refractivity contribution is 1.47. The van der Waals surface area contributed by atoms with Gasteiger partial charge in [0.05, 0.1) is 0 Å². The topological polar surface area (TPSA) is 14.1 Å². The summed E-state index contributed by atoms with van der Waals surface area (Å²) in [6, 6.07) is 43.4. The molecule has 0 spiro atoms. The first-order valence-electron chi connectivity index (χ1n) is 9.31. The molecule has 0 aromatic heterocycles. The van der Waals surface area contributed by atoms with Gasteiger partial charge in [-0.05, 0) is 20.7 Å². The molecule has 0 N–H and O–H groups in total. The third-order valence-corrected chi connectivity index (χ3v) is 11.2. The van der Waals surface area contributed by atoms with Crippen molar-refractivity contribution in [1.82, 2.24) is 4.65 Å². The smallest absolute Gasteiger partial charge is 0.182 e. The van der Waals surface area contributed by atoms with Gasteiger partial charge in [-0.15, -0.1) is 0 Å². The maximum Gasteiger partial charge on any atom is 0.182 e. The third kappa shape index (κ3) is 4.34. The van der Waals surface area contributed by atoms with Gasteiger partial charge in [-0.3, -0.25) is 4.65 Å². The molecule has 0 bridgehead atoms. The molecule has 0 aliphatic carbocycles. The zero-order valence-corrected chi connectivity index (χ0v) is 17.5. The summed E-state index contributed by atoms with van der Waals surface area (Å²) in [5, 5.41) is 5.53. The van der Waals surface area contributed by atoms with E-state index >= 15 is 0 Å². The monoisotopic (exact) mass is 380 g/mol. The Morgan fingerprint density at radius 1 is 0.333 bits per heavy atom. The summed E-state index contributed by atoms with van der Waals surface area (Å²) in [7, 11) is -3.32. The summed E-state index contributed by atoms with van der Waals surface area (Å²) >= 11 is 0. The van der Waals surface area contributed by atoms with Crippen LogP contribution >= 0.6 is 0 Å². The van der Waals surface area contributed by atoms with Gasteiger partial charge in [0.2, 0.25) is 0 Å². The number of hydrogen-bond donors (Lipinski definition) is 0. The van der Waals surface area contributed by atoms with Gasteiger partial charge in [-0.2, -0.15) is 0 Å². The van der Waals surface area contributed by atoms with E-state index in [0.717, 1.165) is 0 Å². The van der Waals surface area contributed by atoms with Crippen LogP contribution in [-0.4, -0.2) is 17.9 Å². The lowest BCUT2D eigenvalue weighted by Gasteiger charge is -2.24. The average Bonchev–Trinajstić information content (AvgIpc) is 2.77. The molecule has 3 heteroatoms. The van der Waals surface area contributed by atoms with Crippen molar-refractivity contribution in [3.05, 3.63) is 121 Å². The average molecular weight is 381 g/mol. The predicted molar refractivity (Wildman–Crippen MR) is 121 cm³/mol. The van der Waals surface area contributed by atoms with Gasteiger partial charge in [0.25, 0.3) is 0 Å². The number of nitrogens with zero attached hydrogens (tertiary/aromatic N) is 1. The largest absolute Gasteiger partial charge is 0.282 e. The molecular weight excluding hydrogens is 358 g/mol. The zero-order chi connectivity index (χ0) is 18.3. The van der Waals surface area contributed by atoms with Gasteiger partial charge in [0.1, 0.15) is 0 Å². The SMILES string of the molecule is c1ccc([SiH]([N][SiH](c2ccccc2)c2ccccc2)c2ccccc2)cc1. The Kier molecular flexibility index (Phi) is 5.74. The number of benzene rings is 4. The molecule has 0 saturated carbocycles. The van der Waals surface area contributed by atoms with Crippen molar-refractivity contribution < 1.29 is 0 Å². The van der Waals surface area contributed by atoms with Crippen molar-refractivity contribution in [1.29, 1.82) is 0 Å². The van der Waals surface area contributed by atoms with Crippen LogP contribution in [0.25, 0.3) is 0 Å².